The van der Waals surface area contributed by atoms with E-state index in [1.165, 1.54) is 0 Å². The number of aryl methyl sites for hydroxylation is 3. The number of nitrogens with zero attached hydrogens (tertiary/aromatic N) is 4. The van der Waals surface area contributed by atoms with Gasteiger partial charge < -0.3 is 19.9 Å². The van der Waals surface area contributed by atoms with E-state index in [4.69, 9.17) is 4.74 Å². The van der Waals surface area contributed by atoms with Crippen molar-refractivity contribution in [3.8, 4) is 0 Å². The Labute approximate surface area is 170 Å². The molecular formula is C21H27N5O3. The van der Waals surface area contributed by atoms with Gasteiger partial charge in [-0.15, -0.1) is 0 Å². The number of carbonyl (C=O) groups is 2. The van der Waals surface area contributed by atoms with E-state index in [-0.39, 0.29) is 12.0 Å². The topological polar surface area (TPSA) is 87.7 Å². The molecule has 8 nitrogen and oxygen atoms in total. The van der Waals surface area contributed by atoms with Crippen LogP contribution in [0.4, 0.5) is 16.4 Å². The summed E-state index contributed by atoms with van der Waals surface area (Å²) in [7, 11) is 0. The van der Waals surface area contributed by atoms with Gasteiger partial charge in [0, 0.05) is 37.6 Å². The first kappa shape index (κ1) is 20.6. The van der Waals surface area contributed by atoms with Gasteiger partial charge in [0.1, 0.15) is 5.69 Å². The minimum absolute atomic E-state index is 0.164. The monoisotopic (exact) mass is 397 g/mol. The largest absolute Gasteiger partial charge is 0.450 e. The van der Waals surface area contributed by atoms with Crippen molar-refractivity contribution >= 4 is 23.6 Å². The Hall–Kier alpha value is -3.16. The fraction of sp³-hybridized carbons (Fsp3) is 0.429. The van der Waals surface area contributed by atoms with Crippen LogP contribution in [0.25, 0.3) is 0 Å². The number of hydrogen-bond acceptors (Lipinski definition) is 6. The van der Waals surface area contributed by atoms with E-state index in [2.05, 4.69) is 21.4 Å². The molecule has 2 heterocycles. The van der Waals surface area contributed by atoms with Crippen LogP contribution in [0.1, 0.15) is 34.2 Å². The van der Waals surface area contributed by atoms with E-state index < -0.39 is 0 Å². The molecule has 8 heteroatoms. The highest BCUT2D eigenvalue weighted by Gasteiger charge is 2.26. The lowest BCUT2D eigenvalue weighted by atomic mass is 10.1. The van der Waals surface area contributed by atoms with Crippen LogP contribution >= 0.6 is 0 Å². The average Bonchev–Trinajstić information content (AvgIpc) is 2.66. The Balaban J connectivity index is 1.71. The van der Waals surface area contributed by atoms with Crippen molar-refractivity contribution in [3.05, 3.63) is 46.8 Å². The first-order chi connectivity index (χ1) is 13.9. The van der Waals surface area contributed by atoms with Gasteiger partial charge in [-0.2, -0.15) is 0 Å². The molecule has 0 atom stereocenters. The second-order valence-electron chi connectivity index (χ2n) is 7.20. The molecule has 1 aromatic heterocycles. The van der Waals surface area contributed by atoms with Gasteiger partial charge in [-0.3, -0.25) is 4.79 Å². The molecule has 3 rings (SSSR count). The average molecular weight is 397 g/mol. The molecule has 1 fully saturated rings. The summed E-state index contributed by atoms with van der Waals surface area (Å²) in [5.41, 5.74) is 4.20. The smallest absolute Gasteiger partial charge is 0.409 e. The number of piperazine rings is 1. The van der Waals surface area contributed by atoms with Crippen molar-refractivity contribution in [1.29, 1.82) is 0 Å². The number of anilines is 2. The zero-order valence-electron chi connectivity index (χ0n) is 17.4. The second kappa shape index (κ2) is 8.89. The predicted molar refractivity (Wildman–Crippen MR) is 110 cm³/mol. The van der Waals surface area contributed by atoms with Gasteiger partial charge in [0.15, 0.2) is 0 Å². The first-order valence-corrected chi connectivity index (χ1v) is 9.77. The summed E-state index contributed by atoms with van der Waals surface area (Å²) in [5, 5.41) is 3.20. The Morgan fingerprint density at radius 2 is 1.59 bits per heavy atom. The maximum atomic E-state index is 12.9. The Morgan fingerprint density at radius 1 is 0.966 bits per heavy atom. The van der Waals surface area contributed by atoms with Crippen LogP contribution in [-0.4, -0.2) is 64.6 Å². The number of amides is 2. The predicted octanol–water partition coefficient (Wildman–Crippen LogP) is 3.06. The number of ether oxygens (including phenoxy) is 1. The molecule has 0 saturated carbocycles. The number of nitrogens with one attached hydrogen (secondary N) is 1. The van der Waals surface area contributed by atoms with Crippen molar-refractivity contribution in [2.24, 2.45) is 0 Å². The van der Waals surface area contributed by atoms with E-state index in [1.54, 1.807) is 22.8 Å². The maximum Gasteiger partial charge on any atom is 0.409 e. The van der Waals surface area contributed by atoms with Gasteiger partial charge in [-0.05, 0) is 57.0 Å². The molecule has 154 valence electrons. The van der Waals surface area contributed by atoms with Gasteiger partial charge in [-0.1, -0.05) is 6.07 Å². The summed E-state index contributed by atoms with van der Waals surface area (Å²) in [6.45, 7) is 9.79. The van der Waals surface area contributed by atoms with Crippen molar-refractivity contribution in [2.75, 3.05) is 38.1 Å². The van der Waals surface area contributed by atoms with Crippen molar-refractivity contribution in [2.45, 2.75) is 27.7 Å². The summed E-state index contributed by atoms with van der Waals surface area (Å²) in [5.74, 6) is 0.228. The molecule has 1 aromatic carbocycles. The van der Waals surface area contributed by atoms with E-state index in [9.17, 15) is 9.59 Å². The molecule has 29 heavy (non-hydrogen) atoms. The van der Waals surface area contributed by atoms with Gasteiger partial charge in [0.25, 0.3) is 5.91 Å². The molecule has 0 bridgehead atoms. The Bertz CT molecular complexity index is 887. The summed E-state index contributed by atoms with van der Waals surface area (Å²) in [6.07, 6.45) is -0.336. The van der Waals surface area contributed by atoms with Crippen LogP contribution in [0.15, 0.2) is 24.3 Å². The van der Waals surface area contributed by atoms with E-state index >= 15 is 0 Å². The van der Waals surface area contributed by atoms with Gasteiger partial charge in [0.05, 0.1) is 6.61 Å². The number of benzene rings is 1. The molecule has 0 spiro atoms. The van der Waals surface area contributed by atoms with Crippen molar-refractivity contribution in [1.82, 2.24) is 19.8 Å². The molecule has 0 radical (unpaired) electrons. The molecule has 1 aliphatic rings. The number of aromatic nitrogens is 2. The first-order valence-electron chi connectivity index (χ1n) is 9.77. The fourth-order valence-corrected chi connectivity index (χ4v) is 3.38. The number of carbonyl (C=O) groups excluding carboxylic acids is 2. The minimum atomic E-state index is -0.336. The number of hydrogen-bond donors (Lipinski definition) is 1. The third-order valence-corrected chi connectivity index (χ3v) is 4.64. The Kier molecular flexibility index (Phi) is 6.31. The van der Waals surface area contributed by atoms with Gasteiger partial charge >= 0.3 is 6.09 Å². The van der Waals surface area contributed by atoms with Crippen molar-refractivity contribution < 1.29 is 14.3 Å². The lowest BCUT2D eigenvalue weighted by Crippen LogP contribution is -2.50. The van der Waals surface area contributed by atoms with Crippen LogP contribution in [0.2, 0.25) is 0 Å². The Morgan fingerprint density at radius 3 is 2.21 bits per heavy atom. The van der Waals surface area contributed by atoms with Crippen LogP contribution in [-0.2, 0) is 4.74 Å². The summed E-state index contributed by atoms with van der Waals surface area (Å²) in [6, 6.07) is 7.80. The molecular weight excluding hydrogens is 370 g/mol. The van der Waals surface area contributed by atoms with E-state index in [1.807, 2.05) is 32.9 Å². The lowest BCUT2D eigenvalue weighted by Gasteiger charge is -2.33. The zero-order chi connectivity index (χ0) is 21.0. The summed E-state index contributed by atoms with van der Waals surface area (Å²) < 4.78 is 5.02. The van der Waals surface area contributed by atoms with Crippen LogP contribution in [0.3, 0.4) is 0 Å². The van der Waals surface area contributed by atoms with Crippen LogP contribution in [0, 0.1) is 20.8 Å². The van der Waals surface area contributed by atoms with Gasteiger partial charge in [0.2, 0.25) is 5.95 Å². The SMILES string of the molecule is CCOC(=O)N1CCN(C(=O)c2cc(C)nc(Nc3cc(C)cc(C)c3)n2)CC1. The van der Waals surface area contributed by atoms with Crippen LogP contribution < -0.4 is 5.32 Å². The molecule has 2 amide bonds. The fourth-order valence-electron chi connectivity index (χ4n) is 3.38. The van der Waals surface area contributed by atoms with Crippen LogP contribution in [0.5, 0.6) is 0 Å². The quantitative estimate of drug-likeness (QED) is 0.853. The third-order valence-electron chi connectivity index (χ3n) is 4.64. The molecule has 2 aromatic rings. The lowest BCUT2D eigenvalue weighted by molar-refractivity contribution is 0.0566. The molecule has 1 N–H and O–H groups in total. The summed E-state index contributed by atoms with van der Waals surface area (Å²) in [4.78, 5) is 36.9. The maximum absolute atomic E-state index is 12.9. The minimum Gasteiger partial charge on any atom is -0.450 e. The second-order valence-corrected chi connectivity index (χ2v) is 7.20. The molecule has 0 aliphatic carbocycles. The molecule has 0 unspecified atom stereocenters. The highest BCUT2D eigenvalue weighted by Crippen LogP contribution is 2.18. The van der Waals surface area contributed by atoms with Gasteiger partial charge in [-0.25, -0.2) is 14.8 Å². The van der Waals surface area contributed by atoms with E-state index in [0.29, 0.717) is 50.1 Å². The number of rotatable bonds is 4. The molecule has 1 aliphatic heterocycles. The van der Waals surface area contributed by atoms with E-state index in [0.717, 1.165) is 16.8 Å². The standard InChI is InChI=1S/C21H27N5O3/c1-5-29-21(28)26-8-6-25(7-9-26)19(27)18-13-16(4)22-20(24-18)23-17-11-14(2)10-15(3)12-17/h10-13H,5-9H2,1-4H3,(H,22,23,24). The highest BCUT2D eigenvalue weighted by molar-refractivity contribution is 5.93. The van der Waals surface area contributed by atoms with Crippen molar-refractivity contribution in [3.63, 3.8) is 0 Å². The summed E-state index contributed by atoms with van der Waals surface area (Å²) >= 11 is 0. The zero-order valence-corrected chi connectivity index (χ0v) is 17.4. The molecule has 1 saturated heterocycles. The third kappa shape index (κ3) is 5.22. The highest BCUT2D eigenvalue weighted by atomic mass is 16.6. The normalized spacial score (nSPS) is 13.9.